The molecule has 6 rings (SSSR count). The fourth-order valence-corrected chi connectivity index (χ4v) is 10.0. The first-order valence-corrected chi connectivity index (χ1v) is 14.7. The van der Waals surface area contributed by atoms with Crippen LogP contribution in [-0.2, 0) is 6.42 Å². The van der Waals surface area contributed by atoms with E-state index in [2.05, 4.69) is 30.7 Å². The standard InChI is InChI=1S/C31H43FN2O3/c1-17(4-11-28-33-26-15-19(32)6-8-22(26)29(37)34-28)23-9-10-24-21-7-5-18-14-20(35)12-13-30(18,2)25(21)16-27(36)31(23,24)3/h6,8,15,17-18,20-21,23-25,27,35-36H,4-5,7,9-14,16H2,1-3H3,(H,33,34,37)/t17-,18-,20-,21+,23-,24+,25?,27+,30+,31-/m1/s1. The summed E-state index contributed by atoms with van der Waals surface area (Å²) in [5, 5.41) is 22.5. The van der Waals surface area contributed by atoms with Crippen LogP contribution >= 0.6 is 0 Å². The van der Waals surface area contributed by atoms with Gasteiger partial charge >= 0.3 is 0 Å². The summed E-state index contributed by atoms with van der Waals surface area (Å²) in [5.74, 6) is 3.46. The van der Waals surface area contributed by atoms with E-state index in [0.717, 1.165) is 38.5 Å². The molecule has 10 atom stereocenters. The molecule has 4 fully saturated rings. The Morgan fingerprint density at radius 2 is 1.92 bits per heavy atom. The van der Waals surface area contributed by atoms with Crippen molar-refractivity contribution in [1.29, 1.82) is 0 Å². The number of aromatic nitrogens is 2. The number of hydrogen-bond donors (Lipinski definition) is 3. The monoisotopic (exact) mass is 510 g/mol. The molecule has 6 heteroatoms. The molecule has 2 aromatic rings. The third-order valence-corrected chi connectivity index (χ3v) is 12.1. The number of fused-ring (bicyclic) bond motifs is 6. The molecule has 1 aromatic carbocycles. The number of benzene rings is 1. The molecular weight excluding hydrogens is 467 g/mol. The Morgan fingerprint density at radius 3 is 2.73 bits per heavy atom. The van der Waals surface area contributed by atoms with Crippen LogP contribution in [0.2, 0.25) is 0 Å². The molecule has 0 saturated heterocycles. The fourth-order valence-electron chi connectivity index (χ4n) is 10.0. The summed E-state index contributed by atoms with van der Waals surface area (Å²) in [6, 6.07) is 4.11. The molecule has 4 aliphatic rings. The molecule has 3 N–H and O–H groups in total. The Labute approximate surface area is 219 Å². The van der Waals surface area contributed by atoms with E-state index in [-0.39, 0.29) is 34.4 Å². The van der Waals surface area contributed by atoms with E-state index in [4.69, 9.17) is 0 Å². The van der Waals surface area contributed by atoms with Crippen LogP contribution in [0.4, 0.5) is 4.39 Å². The van der Waals surface area contributed by atoms with Crippen LogP contribution in [0, 0.1) is 52.2 Å². The maximum atomic E-state index is 13.7. The van der Waals surface area contributed by atoms with Gasteiger partial charge in [-0.2, -0.15) is 0 Å². The number of rotatable bonds is 4. The van der Waals surface area contributed by atoms with Gasteiger partial charge in [-0.25, -0.2) is 9.37 Å². The number of H-pyrrole nitrogens is 1. The van der Waals surface area contributed by atoms with Gasteiger partial charge in [0.05, 0.1) is 23.1 Å². The molecule has 0 amide bonds. The van der Waals surface area contributed by atoms with Gasteiger partial charge in [-0.15, -0.1) is 0 Å². The molecule has 1 heterocycles. The van der Waals surface area contributed by atoms with Gasteiger partial charge in [0.25, 0.3) is 5.56 Å². The van der Waals surface area contributed by atoms with Crippen molar-refractivity contribution < 1.29 is 14.6 Å². The lowest BCUT2D eigenvalue weighted by atomic mass is 9.43. The summed E-state index contributed by atoms with van der Waals surface area (Å²) < 4.78 is 13.7. The SMILES string of the molecule is C[C@H](CCc1nc2cc(F)ccc2c(=O)[nH]1)[C@H]1CC[C@H]2[C@@H]3CC[C@@H]4C[C@H](O)CC[C@]4(C)C3C[C@H](O)[C@]12C. The zero-order chi connectivity index (χ0) is 26.1. The fraction of sp³-hybridized carbons (Fsp3) is 0.742. The minimum absolute atomic E-state index is 0.0781. The molecule has 4 aliphatic carbocycles. The second-order valence-electron chi connectivity index (χ2n) is 13.6. The van der Waals surface area contributed by atoms with E-state index in [9.17, 15) is 19.4 Å². The first kappa shape index (κ1) is 25.5. The summed E-state index contributed by atoms with van der Waals surface area (Å²) >= 11 is 0. The summed E-state index contributed by atoms with van der Waals surface area (Å²) in [5.41, 5.74) is 0.369. The lowest BCUT2D eigenvalue weighted by Gasteiger charge is -2.62. The molecular formula is C31H43FN2O3. The van der Waals surface area contributed by atoms with Gasteiger partial charge in [0.2, 0.25) is 0 Å². The van der Waals surface area contributed by atoms with Gasteiger partial charge in [-0.1, -0.05) is 20.8 Å². The highest BCUT2D eigenvalue weighted by Gasteiger charge is 2.63. The number of nitrogens with one attached hydrogen (secondary N) is 1. The first-order valence-electron chi connectivity index (χ1n) is 14.7. The Kier molecular flexibility index (Phi) is 6.30. The molecule has 37 heavy (non-hydrogen) atoms. The van der Waals surface area contributed by atoms with Crippen molar-refractivity contribution >= 4 is 10.9 Å². The van der Waals surface area contributed by atoms with Gasteiger partial charge < -0.3 is 15.2 Å². The highest BCUT2D eigenvalue weighted by atomic mass is 19.1. The smallest absolute Gasteiger partial charge is 0.258 e. The second kappa shape index (κ2) is 9.15. The van der Waals surface area contributed by atoms with Gasteiger partial charge in [-0.05, 0) is 116 Å². The molecule has 4 saturated carbocycles. The highest BCUT2D eigenvalue weighted by molar-refractivity contribution is 5.77. The average Bonchev–Trinajstić information content (AvgIpc) is 3.22. The predicted octanol–water partition coefficient (Wildman–Crippen LogP) is 5.62. The van der Waals surface area contributed by atoms with Gasteiger partial charge in [0.15, 0.2) is 0 Å². The maximum absolute atomic E-state index is 13.7. The minimum Gasteiger partial charge on any atom is -0.393 e. The Morgan fingerprint density at radius 1 is 1.11 bits per heavy atom. The van der Waals surface area contributed by atoms with Crippen molar-refractivity contribution in [2.45, 2.75) is 97.2 Å². The molecule has 0 bridgehead atoms. The first-order chi connectivity index (χ1) is 17.6. The van der Waals surface area contributed by atoms with Crippen LogP contribution in [0.15, 0.2) is 23.0 Å². The van der Waals surface area contributed by atoms with Crippen molar-refractivity contribution in [2.75, 3.05) is 0 Å². The summed E-state index contributed by atoms with van der Waals surface area (Å²) in [6.45, 7) is 7.13. The molecule has 0 spiro atoms. The van der Waals surface area contributed by atoms with Crippen LogP contribution < -0.4 is 5.56 Å². The summed E-state index contributed by atoms with van der Waals surface area (Å²) in [7, 11) is 0. The van der Waals surface area contributed by atoms with E-state index in [1.807, 2.05) is 0 Å². The predicted molar refractivity (Wildman–Crippen MR) is 142 cm³/mol. The van der Waals surface area contributed by atoms with E-state index in [1.165, 1.54) is 37.5 Å². The van der Waals surface area contributed by atoms with E-state index in [1.54, 1.807) is 0 Å². The van der Waals surface area contributed by atoms with E-state index < -0.39 is 0 Å². The van der Waals surface area contributed by atoms with Crippen molar-refractivity contribution in [1.82, 2.24) is 9.97 Å². The van der Waals surface area contributed by atoms with Gasteiger partial charge in [0, 0.05) is 12.5 Å². The van der Waals surface area contributed by atoms with Crippen molar-refractivity contribution in [3.63, 3.8) is 0 Å². The number of aliphatic hydroxyl groups excluding tert-OH is 2. The number of halogens is 1. The molecule has 1 unspecified atom stereocenters. The Hall–Kier alpha value is -1.79. The van der Waals surface area contributed by atoms with Crippen LogP contribution in [0.5, 0.6) is 0 Å². The molecule has 5 nitrogen and oxygen atoms in total. The molecule has 202 valence electrons. The molecule has 1 aromatic heterocycles. The number of aliphatic hydroxyl groups is 2. The number of aryl methyl sites for hydroxylation is 1. The van der Waals surface area contributed by atoms with Crippen LogP contribution in [0.1, 0.15) is 84.4 Å². The summed E-state index contributed by atoms with van der Waals surface area (Å²) in [6.07, 6.45) is 9.73. The number of nitrogens with zero attached hydrogens (tertiary/aromatic N) is 1. The normalized spacial score (nSPS) is 42.2. The van der Waals surface area contributed by atoms with Crippen LogP contribution in [-0.4, -0.2) is 32.4 Å². The quantitative estimate of drug-likeness (QED) is 0.498. The summed E-state index contributed by atoms with van der Waals surface area (Å²) in [4.78, 5) is 20.0. The molecule has 0 radical (unpaired) electrons. The lowest BCUT2D eigenvalue weighted by Crippen LogP contribution is -2.58. The van der Waals surface area contributed by atoms with Crippen molar-refractivity contribution in [2.24, 2.45) is 46.3 Å². The topological polar surface area (TPSA) is 86.2 Å². The van der Waals surface area contributed by atoms with Crippen LogP contribution in [0.25, 0.3) is 10.9 Å². The van der Waals surface area contributed by atoms with Crippen molar-refractivity contribution in [3.05, 3.63) is 40.2 Å². The van der Waals surface area contributed by atoms with E-state index in [0.29, 0.717) is 58.7 Å². The minimum atomic E-state index is -0.383. The van der Waals surface area contributed by atoms with E-state index >= 15 is 0 Å². The van der Waals surface area contributed by atoms with Gasteiger partial charge in [0.1, 0.15) is 11.6 Å². The van der Waals surface area contributed by atoms with Crippen LogP contribution in [0.3, 0.4) is 0 Å². The third kappa shape index (κ3) is 4.00. The highest BCUT2D eigenvalue weighted by Crippen LogP contribution is 2.68. The maximum Gasteiger partial charge on any atom is 0.258 e. The zero-order valence-corrected chi connectivity index (χ0v) is 22.5. The van der Waals surface area contributed by atoms with Crippen molar-refractivity contribution in [3.8, 4) is 0 Å². The lowest BCUT2D eigenvalue weighted by molar-refractivity contribution is -0.174. The average molecular weight is 511 g/mol. The number of hydrogen-bond acceptors (Lipinski definition) is 4. The molecule has 0 aliphatic heterocycles. The third-order valence-electron chi connectivity index (χ3n) is 12.1. The number of aromatic amines is 1. The second-order valence-corrected chi connectivity index (χ2v) is 13.6. The Balaban J connectivity index is 1.19. The largest absolute Gasteiger partial charge is 0.393 e. The Bertz CT molecular complexity index is 1230. The zero-order valence-electron chi connectivity index (χ0n) is 22.5. The van der Waals surface area contributed by atoms with Gasteiger partial charge in [-0.3, -0.25) is 4.79 Å².